The Kier molecular flexibility index (Phi) is 3.69. The number of fused-ring (bicyclic) bond motifs is 1. The number of hydrogen-bond acceptors (Lipinski definition) is 2. The van der Waals surface area contributed by atoms with Crippen molar-refractivity contribution in [2.45, 2.75) is 26.3 Å². The van der Waals surface area contributed by atoms with Gasteiger partial charge in [-0.25, -0.2) is 0 Å². The lowest BCUT2D eigenvalue weighted by Gasteiger charge is -2.27. The van der Waals surface area contributed by atoms with Gasteiger partial charge in [0.2, 0.25) is 0 Å². The van der Waals surface area contributed by atoms with E-state index in [-0.39, 0.29) is 11.9 Å². The zero-order valence-electron chi connectivity index (χ0n) is 14.3. The van der Waals surface area contributed by atoms with Crippen molar-refractivity contribution in [1.82, 2.24) is 4.90 Å². The zero-order chi connectivity index (χ0) is 16.8. The molecule has 2 aromatic carbocycles. The predicted molar refractivity (Wildman–Crippen MR) is 96.8 cm³/mol. The second-order valence-electron chi connectivity index (χ2n) is 7.34. The number of rotatable bonds is 3. The molecule has 2 aromatic rings. The molecule has 0 unspecified atom stereocenters. The normalized spacial score (nSPS) is 24.8. The number of likely N-dealkylation sites (tertiary alicyclic amines) is 1. The highest BCUT2D eigenvalue weighted by Gasteiger charge is 2.53. The monoisotopic (exact) mass is 320 g/mol. The van der Waals surface area contributed by atoms with Gasteiger partial charge in [-0.1, -0.05) is 47.5 Å². The summed E-state index contributed by atoms with van der Waals surface area (Å²) >= 11 is 0. The van der Waals surface area contributed by atoms with Crippen LogP contribution in [0.1, 0.15) is 27.9 Å². The molecular weight excluding hydrogens is 296 g/mol. The van der Waals surface area contributed by atoms with E-state index in [1.807, 2.05) is 17.9 Å². The molecule has 1 aliphatic carbocycles. The minimum absolute atomic E-state index is 0.136. The first-order chi connectivity index (χ1) is 11.6. The zero-order valence-corrected chi connectivity index (χ0v) is 14.3. The molecule has 2 fully saturated rings. The molecule has 1 heterocycles. The molecule has 3 atom stereocenters. The van der Waals surface area contributed by atoms with Crippen molar-refractivity contribution in [1.29, 1.82) is 0 Å². The van der Waals surface area contributed by atoms with E-state index in [4.69, 9.17) is 5.73 Å². The number of amides is 1. The number of carbonyl (C=O) groups is 1. The van der Waals surface area contributed by atoms with Gasteiger partial charge in [0.25, 0.3) is 5.91 Å². The Morgan fingerprint density at radius 2 is 1.83 bits per heavy atom. The second kappa shape index (κ2) is 5.75. The van der Waals surface area contributed by atoms with Crippen LogP contribution in [0.2, 0.25) is 0 Å². The predicted octanol–water partition coefficient (Wildman–Crippen LogP) is 3.39. The highest BCUT2D eigenvalue weighted by molar-refractivity contribution is 6.01. The fourth-order valence-corrected chi connectivity index (χ4v) is 4.08. The number of nitrogens with zero attached hydrogens (tertiary/aromatic N) is 1. The molecule has 2 aliphatic rings. The van der Waals surface area contributed by atoms with Gasteiger partial charge in [0.05, 0.1) is 0 Å². The van der Waals surface area contributed by atoms with E-state index in [1.54, 1.807) is 0 Å². The van der Waals surface area contributed by atoms with Crippen LogP contribution in [0.3, 0.4) is 0 Å². The molecular formula is C21H24N2O. The van der Waals surface area contributed by atoms with Crippen LogP contribution in [0, 0.1) is 25.7 Å². The van der Waals surface area contributed by atoms with Gasteiger partial charge in [0, 0.05) is 24.7 Å². The molecule has 124 valence electrons. The maximum absolute atomic E-state index is 13.3. The summed E-state index contributed by atoms with van der Waals surface area (Å²) in [4.78, 5) is 15.3. The Morgan fingerprint density at radius 3 is 2.54 bits per heavy atom. The molecule has 0 bridgehead atoms. The van der Waals surface area contributed by atoms with Gasteiger partial charge in [0.15, 0.2) is 0 Å². The quantitative estimate of drug-likeness (QED) is 0.942. The van der Waals surface area contributed by atoms with Crippen molar-refractivity contribution < 1.29 is 4.79 Å². The smallest absolute Gasteiger partial charge is 0.254 e. The number of benzene rings is 2. The first-order valence-electron chi connectivity index (χ1n) is 8.77. The number of piperidine rings is 1. The van der Waals surface area contributed by atoms with Gasteiger partial charge in [-0.2, -0.15) is 0 Å². The lowest BCUT2D eigenvalue weighted by molar-refractivity contribution is 0.0713. The maximum atomic E-state index is 13.3. The average Bonchev–Trinajstić information content (AvgIpc) is 3.26. The summed E-state index contributed by atoms with van der Waals surface area (Å²) in [6, 6.07) is 14.8. The van der Waals surface area contributed by atoms with Crippen LogP contribution in [0.4, 0.5) is 0 Å². The number of carbonyl (C=O) groups excluding carboxylic acids is 1. The fourth-order valence-electron chi connectivity index (χ4n) is 4.08. The molecule has 24 heavy (non-hydrogen) atoms. The van der Waals surface area contributed by atoms with E-state index in [0.29, 0.717) is 18.4 Å². The Hall–Kier alpha value is -2.13. The van der Waals surface area contributed by atoms with E-state index in [2.05, 4.69) is 43.3 Å². The van der Waals surface area contributed by atoms with Gasteiger partial charge in [-0.05, 0) is 49.3 Å². The van der Waals surface area contributed by atoms with Crippen molar-refractivity contribution >= 4 is 5.91 Å². The highest BCUT2D eigenvalue weighted by Crippen LogP contribution is 2.49. The van der Waals surface area contributed by atoms with Gasteiger partial charge < -0.3 is 10.6 Å². The number of nitrogens with two attached hydrogens (primary N) is 1. The fraction of sp³-hybridized carbons (Fsp3) is 0.381. The Morgan fingerprint density at radius 1 is 1.12 bits per heavy atom. The molecule has 2 N–H and O–H groups in total. The van der Waals surface area contributed by atoms with Crippen molar-refractivity contribution in [3.05, 3.63) is 59.2 Å². The molecule has 0 spiro atoms. The summed E-state index contributed by atoms with van der Waals surface area (Å²) < 4.78 is 0. The van der Waals surface area contributed by atoms with E-state index in [1.165, 1.54) is 12.0 Å². The molecule has 1 amide bonds. The number of aryl methyl sites for hydroxylation is 2. The summed E-state index contributed by atoms with van der Waals surface area (Å²) in [7, 11) is 0. The van der Waals surface area contributed by atoms with E-state index in [9.17, 15) is 4.79 Å². The largest absolute Gasteiger partial charge is 0.334 e. The molecule has 1 saturated carbocycles. The minimum Gasteiger partial charge on any atom is -0.334 e. The van der Waals surface area contributed by atoms with Crippen molar-refractivity contribution in [2.24, 2.45) is 17.6 Å². The van der Waals surface area contributed by atoms with Crippen LogP contribution in [-0.2, 0) is 0 Å². The van der Waals surface area contributed by atoms with Gasteiger partial charge in [-0.15, -0.1) is 0 Å². The topological polar surface area (TPSA) is 46.3 Å². The summed E-state index contributed by atoms with van der Waals surface area (Å²) in [6.45, 7) is 5.55. The standard InChI is InChI=1S/C21H24N2O/c1-13-3-6-15(7-4-13)17-8-5-14(2)9-19(17)21(24)23-12-16-10-18(16)20(23)11-22/h3-9,16,18,20H,10-12,22H2,1-2H3/t16-,18-,20-/m1/s1. The Labute approximate surface area is 143 Å². The van der Waals surface area contributed by atoms with Crippen LogP contribution < -0.4 is 5.73 Å². The highest BCUT2D eigenvalue weighted by atomic mass is 16.2. The van der Waals surface area contributed by atoms with Gasteiger partial charge >= 0.3 is 0 Å². The molecule has 1 aliphatic heterocycles. The van der Waals surface area contributed by atoms with Crippen LogP contribution in [0.25, 0.3) is 11.1 Å². The minimum atomic E-state index is 0.136. The summed E-state index contributed by atoms with van der Waals surface area (Å²) in [5.41, 5.74) is 11.2. The second-order valence-corrected chi connectivity index (χ2v) is 7.34. The molecule has 0 aromatic heterocycles. The molecule has 3 nitrogen and oxygen atoms in total. The summed E-state index contributed by atoms with van der Waals surface area (Å²) in [5, 5.41) is 0. The first-order valence-corrected chi connectivity index (χ1v) is 8.77. The SMILES string of the molecule is Cc1ccc(-c2ccc(C)cc2C(=O)N2C[C@H]3C[C@H]3[C@H]2CN)cc1. The molecule has 3 heteroatoms. The van der Waals surface area contributed by atoms with Crippen LogP contribution in [0.15, 0.2) is 42.5 Å². The van der Waals surface area contributed by atoms with Crippen LogP contribution in [0.5, 0.6) is 0 Å². The van der Waals surface area contributed by atoms with Gasteiger partial charge in [0.1, 0.15) is 0 Å². The summed E-state index contributed by atoms with van der Waals surface area (Å²) in [6.07, 6.45) is 1.24. The van der Waals surface area contributed by atoms with Crippen molar-refractivity contribution in [3.63, 3.8) is 0 Å². The third-order valence-electron chi connectivity index (χ3n) is 5.57. The van der Waals surface area contributed by atoms with Crippen molar-refractivity contribution in [2.75, 3.05) is 13.1 Å². The molecule has 4 rings (SSSR count). The lowest BCUT2D eigenvalue weighted by Crippen LogP contribution is -2.43. The number of hydrogen-bond donors (Lipinski definition) is 1. The van der Waals surface area contributed by atoms with E-state index in [0.717, 1.165) is 28.8 Å². The Balaban J connectivity index is 1.73. The summed E-state index contributed by atoms with van der Waals surface area (Å²) in [5.74, 6) is 1.44. The van der Waals surface area contributed by atoms with Crippen LogP contribution >= 0.6 is 0 Å². The average molecular weight is 320 g/mol. The molecule has 0 radical (unpaired) electrons. The Bertz CT molecular complexity index is 781. The van der Waals surface area contributed by atoms with E-state index < -0.39 is 0 Å². The third-order valence-corrected chi connectivity index (χ3v) is 5.57. The van der Waals surface area contributed by atoms with Gasteiger partial charge in [-0.3, -0.25) is 4.79 Å². The first kappa shape index (κ1) is 15.4. The van der Waals surface area contributed by atoms with Crippen LogP contribution in [-0.4, -0.2) is 29.9 Å². The van der Waals surface area contributed by atoms with Crippen molar-refractivity contribution in [3.8, 4) is 11.1 Å². The maximum Gasteiger partial charge on any atom is 0.254 e. The molecule has 1 saturated heterocycles. The third kappa shape index (κ3) is 2.53. The van der Waals surface area contributed by atoms with E-state index >= 15 is 0 Å². The lowest BCUT2D eigenvalue weighted by atomic mass is 9.96.